The van der Waals surface area contributed by atoms with Gasteiger partial charge in [0.2, 0.25) is 0 Å². The van der Waals surface area contributed by atoms with E-state index in [9.17, 15) is 9.59 Å². The Morgan fingerprint density at radius 3 is 2.76 bits per heavy atom. The molecule has 0 aliphatic carbocycles. The first-order valence-electron chi connectivity index (χ1n) is 7.48. The first kappa shape index (κ1) is 17.4. The zero-order chi connectivity index (χ0) is 17.6. The van der Waals surface area contributed by atoms with Crippen LogP contribution in [-0.4, -0.2) is 33.0 Å². The number of esters is 1. The summed E-state index contributed by atoms with van der Waals surface area (Å²) < 4.78 is 13.3. The minimum absolute atomic E-state index is 0.155. The molecular formula is C17H15N3O3S2. The van der Waals surface area contributed by atoms with Gasteiger partial charge in [-0.1, -0.05) is 23.8 Å². The second-order valence-electron chi connectivity index (χ2n) is 5.25. The van der Waals surface area contributed by atoms with Crippen LogP contribution < -0.4 is 5.32 Å². The highest BCUT2D eigenvalue weighted by molar-refractivity contribution is 8.00. The zero-order valence-corrected chi connectivity index (χ0v) is 15.0. The number of nitrogens with one attached hydrogen (secondary N) is 1. The Balaban J connectivity index is 1.46. The molecule has 0 radical (unpaired) electrons. The predicted molar refractivity (Wildman–Crippen MR) is 98.9 cm³/mol. The van der Waals surface area contributed by atoms with Gasteiger partial charge in [0.25, 0.3) is 5.91 Å². The number of thioether (sulfide) groups is 1. The smallest absolute Gasteiger partial charge is 0.316 e. The second-order valence-corrected chi connectivity index (χ2v) is 6.83. The van der Waals surface area contributed by atoms with Gasteiger partial charge < -0.3 is 10.1 Å². The number of hydrogen-bond acceptors (Lipinski definition) is 7. The molecule has 25 heavy (non-hydrogen) atoms. The fourth-order valence-electron chi connectivity index (χ4n) is 2.06. The van der Waals surface area contributed by atoms with Crippen molar-refractivity contribution in [2.24, 2.45) is 0 Å². The lowest BCUT2D eigenvalue weighted by atomic mass is 10.2. The van der Waals surface area contributed by atoms with Crippen molar-refractivity contribution >= 4 is 52.1 Å². The molecule has 0 bridgehead atoms. The molecule has 0 unspecified atom stereocenters. The number of ether oxygens (including phenoxy) is 1. The molecule has 1 N–H and O–H groups in total. The van der Waals surface area contributed by atoms with Crippen LogP contribution >= 0.6 is 23.5 Å². The molecule has 3 rings (SSSR count). The first-order valence-corrected chi connectivity index (χ1v) is 9.19. The summed E-state index contributed by atoms with van der Waals surface area (Å²) in [5.74, 6) is -0.689. The summed E-state index contributed by atoms with van der Waals surface area (Å²) in [5, 5.41) is 2.69. The van der Waals surface area contributed by atoms with Crippen molar-refractivity contribution in [1.82, 2.24) is 8.75 Å². The summed E-state index contributed by atoms with van der Waals surface area (Å²) in [6.45, 7) is 1.67. The molecule has 3 aromatic rings. The monoisotopic (exact) mass is 373 g/mol. The van der Waals surface area contributed by atoms with Gasteiger partial charge in [-0.05, 0) is 31.2 Å². The molecule has 0 saturated heterocycles. The highest BCUT2D eigenvalue weighted by atomic mass is 32.2. The van der Waals surface area contributed by atoms with Gasteiger partial charge in [0.05, 0.1) is 23.2 Å². The average molecular weight is 373 g/mol. The second kappa shape index (κ2) is 8.09. The third-order valence-corrected chi connectivity index (χ3v) is 4.83. The minimum atomic E-state index is -0.436. The van der Waals surface area contributed by atoms with E-state index in [-0.39, 0.29) is 12.4 Å². The molecule has 0 aliphatic heterocycles. The van der Waals surface area contributed by atoms with Crippen LogP contribution in [0.25, 0.3) is 11.0 Å². The van der Waals surface area contributed by atoms with Crippen molar-refractivity contribution in [2.75, 3.05) is 17.7 Å². The van der Waals surface area contributed by atoms with Gasteiger partial charge in [0, 0.05) is 4.90 Å². The number of anilines is 1. The van der Waals surface area contributed by atoms with Crippen LogP contribution in [0.2, 0.25) is 0 Å². The van der Waals surface area contributed by atoms with E-state index in [1.54, 1.807) is 12.1 Å². The van der Waals surface area contributed by atoms with Crippen molar-refractivity contribution in [1.29, 1.82) is 0 Å². The average Bonchev–Trinajstić information content (AvgIpc) is 3.09. The Bertz CT molecular complexity index is 894. The van der Waals surface area contributed by atoms with Crippen molar-refractivity contribution in [2.45, 2.75) is 11.8 Å². The van der Waals surface area contributed by atoms with E-state index in [0.717, 1.165) is 22.2 Å². The standard InChI is InChI=1S/C17H15N3O3S2/c1-11-5-7-12(8-6-11)24-10-16(22)23-9-15(21)18-13-3-2-4-14-17(13)20-25-19-14/h2-8H,9-10H2,1H3,(H,18,21). The number of rotatable bonds is 6. The van der Waals surface area contributed by atoms with Crippen LogP contribution in [0.3, 0.4) is 0 Å². The highest BCUT2D eigenvalue weighted by Gasteiger charge is 2.11. The van der Waals surface area contributed by atoms with Crippen molar-refractivity contribution in [3.05, 3.63) is 48.0 Å². The van der Waals surface area contributed by atoms with Crippen molar-refractivity contribution in [3.63, 3.8) is 0 Å². The molecule has 2 aromatic carbocycles. The van der Waals surface area contributed by atoms with E-state index in [2.05, 4.69) is 14.1 Å². The maximum atomic E-state index is 12.0. The maximum Gasteiger partial charge on any atom is 0.316 e. The van der Waals surface area contributed by atoms with Crippen molar-refractivity contribution < 1.29 is 14.3 Å². The number of aromatic nitrogens is 2. The molecule has 0 atom stereocenters. The highest BCUT2D eigenvalue weighted by Crippen LogP contribution is 2.21. The van der Waals surface area contributed by atoms with Gasteiger partial charge in [-0.25, -0.2) is 0 Å². The lowest BCUT2D eigenvalue weighted by Gasteiger charge is -2.07. The maximum absolute atomic E-state index is 12.0. The summed E-state index contributed by atoms with van der Waals surface area (Å²) in [7, 11) is 0. The number of hydrogen-bond donors (Lipinski definition) is 1. The lowest BCUT2D eigenvalue weighted by Crippen LogP contribution is -2.21. The van der Waals surface area contributed by atoms with Crippen LogP contribution in [0.1, 0.15) is 5.56 Å². The van der Waals surface area contributed by atoms with Crippen LogP contribution in [-0.2, 0) is 14.3 Å². The number of carbonyl (C=O) groups excluding carboxylic acids is 2. The molecular weight excluding hydrogens is 358 g/mol. The van der Waals surface area contributed by atoms with Gasteiger partial charge >= 0.3 is 5.97 Å². The molecule has 128 valence electrons. The van der Waals surface area contributed by atoms with Crippen LogP contribution in [0.15, 0.2) is 47.4 Å². The Kier molecular flexibility index (Phi) is 5.62. The quantitative estimate of drug-likeness (QED) is 0.528. The fourth-order valence-corrected chi connectivity index (χ4v) is 3.30. The molecule has 0 spiro atoms. The van der Waals surface area contributed by atoms with E-state index >= 15 is 0 Å². The third-order valence-electron chi connectivity index (χ3n) is 3.30. The number of fused-ring (bicyclic) bond motifs is 1. The summed E-state index contributed by atoms with van der Waals surface area (Å²) in [5.41, 5.74) is 3.06. The molecule has 8 heteroatoms. The number of aryl methyl sites for hydroxylation is 1. The molecule has 1 heterocycles. The fraction of sp³-hybridized carbons (Fsp3) is 0.176. The van der Waals surface area contributed by atoms with Gasteiger partial charge in [0.1, 0.15) is 11.0 Å². The van der Waals surface area contributed by atoms with Gasteiger partial charge in [-0.3, -0.25) is 9.59 Å². The zero-order valence-electron chi connectivity index (χ0n) is 13.4. The normalized spacial score (nSPS) is 10.6. The van der Waals surface area contributed by atoms with Crippen LogP contribution in [0, 0.1) is 6.92 Å². The van der Waals surface area contributed by atoms with E-state index in [0.29, 0.717) is 16.7 Å². The molecule has 1 aromatic heterocycles. The molecule has 0 saturated carbocycles. The Morgan fingerprint density at radius 2 is 1.96 bits per heavy atom. The summed E-state index contributed by atoms with van der Waals surface area (Å²) in [6, 6.07) is 13.2. The van der Waals surface area contributed by atoms with Crippen molar-refractivity contribution in [3.8, 4) is 0 Å². The third kappa shape index (κ3) is 4.77. The summed E-state index contributed by atoms with van der Waals surface area (Å²) in [6.07, 6.45) is 0. The van der Waals surface area contributed by atoms with E-state index in [1.807, 2.05) is 37.3 Å². The van der Waals surface area contributed by atoms with Gasteiger partial charge in [-0.15, -0.1) is 11.8 Å². The predicted octanol–water partition coefficient (Wildman–Crippen LogP) is 3.27. The van der Waals surface area contributed by atoms with Gasteiger partial charge in [-0.2, -0.15) is 8.75 Å². The van der Waals surface area contributed by atoms with Gasteiger partial charge in [0.15, 0.2) is 6.61 Å². The number of carbonyl (C=O) groups is 2. The minimum Gasteiger partial charge on any atom is -0.455 e. The first-order chi connectivity index (χ1) is 12.1. The Hall–Kier alpha value is -2.45. The molecule has 1 amide bonds. The molecule has 0 fully saturated rings. The topological polar surface area (TPSA) is 81.2 Å². The SMILES string of the molecule is Cc1ccc(SCC(=O)OCC(=O)Nc2cccc3nsnc23)cc1. The van der Waals surface area contributed by atoms with E-state index in [1.165, 1.54) is 11.8 Å². The van der Waals surface area contributed by atoms with E-state index in [4.69, 9.17) is 4.74 Å². The number of nitrogens with zero attached hydrogens (tertiary/aromatic N) is 2. The van der Waals surface area contributed by atoms with Crippen LogP contribution in [0.4, 0.5) is 5.69 Å². The lowest BCUT2D eigenvalue weighted by molar-refractivity contribution is -0.144. The Labute approximate surface area is 152 Å². The Morgan fingerprint density at radius 1 is 1.16 bits per heavy atom. The number of amides is 1. The largest absolute Gasteiger partial charge is 0.455 e. The summed E-state index contributed by atoms with van der Waals surface area (Å²) in [4.78, 5) is 24.7. The van der Waals surface area contributed by atoms with Crippen LogP contribution in [0.5, 0.6) is 0 Å². The molecule has 0 aliphatic rings. The number of benzene rings is 2. The summed E-state index contributed by atoms with van der Waals surface area (Å²) >= 11 is 2.45. The molecule has 6 nitrogen and oxygen atoms in total. The van der Waals surface area contributed by atoms with E-state index < -0.39 is 11.9 Å².